The summed E-state index contributed by atoms with van der Waals surface area (Å²) in [5.74, 6) is 0.994. The summed E-state index contributed by atoms with van der Waals surface area (Å²) in [4.78, 5) is 0. The van der Waals surface area contributed by atoms with Crippen molar-refractivity contribution in [1.29, 1.82) is 0 Å². The van der Waals surface area contributed by atoms with Gasteiger partial charge in [-0.15, -0.1) is 0 Å². The van der Waals surface area contributed by atoms with E-state index in [0.29, 0.717) is 5.41 Å². The Kier molecular flexibility index (Phi) is 1.55. The van der Waals surface area contributed by atoms with Crippen molar-refractivity contribution in [3.05, 3.63) is 23.8 Å². The van der Waals surface area contributed by atoms with Crippen LogP contribution in [0.3, 0.4) is 0 Å². The van der Waals surface area contributed by atoms with E-state index in [1.807, 2.05) is 6.07 Å². The summed E-state index contributed by atoms with van der Waals surface area (Å²) in [7, 11) is 1.74. The average molecular weight is 189 g/mol. The predicted octanol–water partition coefficient (Wildman–Crippen LogP) is 2.54. The van der Waals surface area contributed by atoms with Crippen LogP contribution in [0, 0.1) is 0 Å². The van der Waals surface area contributed by atoms with Gasteiger partial charge in [-0.3, -0.25) is 0 Å². The van der Waals surface area contributed by atoms with Crippen molar-refractivity contribution < 1.29 is 4.74 Å². The molecule has 2 heteroatoms. The van der Waals surface area contributed by atoms with E-state index >= 15 is 0 Å². The molecule has 1 aliphatic heterocycles. The summed E-state index contributed by atoms with van der Waals surface area (Å²) in [6, 6.07) is 6.38. The molecule has 1 N–H and O–H groups in total. The third-order valence-electron chi connectivity index (χ3n) is 3.58. The first-order chi connectivity index (χ1) is 6.86. The van der Waals surface area contributed by atoms with Gasteiger partial charge in [0.1, 0.15) is 5.75 Å². The molecule has 0 atom stereocenters. The van der Waals surface area contributed by atoms with Crippen LogP contribution >= 0.6 is 0 Å². The molecule has 1 fully saturated rings. The van der Waals surface area contributed by atoms with Crippen LogP contribution in [0.15, 0.2) is 18.2 Å². The van der Waals surface area contributed by atoms with E-state index in [4.69, 9.17) is 4.74 Å². The highest BCUT2D eigenvalue weighted by molar-refractivity contribution is 5.67. The molecule has 1 aliphatic carbocycles. The number of anilines is 1. The molecule has 0 aromatic heterocycles. The number of hydrogen-bond donors (Lipinski definition) is 1. The highest BCUT2D eigenvalue weighted by Gasteiger charge is 2.47. The number of ether oxygens (including phenoxy) is 1. The molecular formula is C12H15NO. The molecule has 1 saturated carbocycles. The van der Waals surface area contributed by atoms with Gasteiger partial charge in [0.25, 0.3) is 0 Å². The lowest BCUT2D eigenvalue weighted by Crippen LogP contribution is -2.22. The zero-order chi connectivity index (χ0) is 9.60. The van der Waals surface area contributed by atoms with Gasteiger partial charge in [0.2, 0.25) is 0 Å². The van der Waals surface area contributed by atoms with Gasteiger partial charge in [0.05, 0.1) is 12.8 Å². The Morgan fingerprint density at radius 1 is 1.29 bits per heavy atom. The minimum absolute atomic E-state index is 0.509. The van der Waals surface area contributed by atoms with Gasteiger partial charge < -0.3 is 10.1 Å². The first-order valence-electron chi connectivity index (χ1n) is 5.27. The molecule has 3 rings (SSSR count). The highest BCUT2D eigenvalue weighted by atomic mass is 16.5. The zero-order valence-electron chi connectivity index (χ0n) is 8.47. The predicted molar refractivity (Wildman–Crippen MR) is 57.0 cm³/mol. The van der Waals surface area contributed by atoms with Crippen LogP contribution in [0.4, 0.5) is 5.69 Å². The molecule has 74 valence electrons. The minimum Gasteiger partial charge on any atom is -0.495 e. The van der Waals surface area contributed by atoms with Crippen LogP contribution < -0.4 is 10.1 Å². The van der Waals surface area contributed by atoms with E-state index in [2.05, 4.69) is 17.4 Å². The van der Waals surface area contributed by atoms with Crippen molar-refractivity contribution in [2.24, 2.45) is 0 Å². The monoisotopic (exact) mass is 189 g/mol. The van der Waals surface area contributed by atoms with Crippen molar-refractivity contribution >= 4 is 5.69 Å². The summed E-state index contributed by atoms with van der Waals surface area (Å²) < 4.78 is 5.37. The van der Waals surface area contributed by atoms with Crippen molar-refractivity contribution in [3.8, 4) is 5.75 Å². The van der Waals surface area contributed by atoms with Crippen molar-refractivity contribution in [2.45, 2.75) is 24.7 Å². The van der Waals surface area contributed by atoms with E-state index in [1.54, 1.807) is 7.11 Å². The lowest BCUT2D eigenvalue weighted by molar-refractivity contribution is 0.414. The second-order valence-corrected chi connectivity index (χ2v) is 4.34. The van der Waals surface area contributed by atoms with Gasteiger partial charge in [0, 0.05) is 6.54 Å². The van der Waals surface area contributed by atoms with Gasteiger partial charge in [0.15, 0.2) is 0 Å². The Hall–Kier alpha value is -1.18. The Labute approximate surface area is 84.3 Å². The topological polar surface area (TPSA) is 21.3 Å². The van der Waals surface area contributed by atoms with Crippen LogP contribution in [0.5, 0.6) is 5.75 Å². The summed E-state index contributed by atoms with van der Waals surface area (Å²) in [6.45, 7) is 1.09. The molecule has 0 radical (unpaired) electrons. The largest absolute Gasteiger partial charge is 0.495 e. The Bertz CT molecular complexity index is 369. The average Bonchev–Trinajstić information content (AvgIpc) is 2.99. The van der Waals surface area contributed by atoms with Crippen molar-refractivity contribution in [1.82, 2.24) is 0 Å². The van der Waals surface area contributed by atoms with E-state index in [9.17, 15) is 0 Å². The molecule has 2 aliphatic rings. The zero-order valence-corrected chi connectivity index (χ0v) is 8.47. The first kappa shape index (κ1) is 8.16. The van der Waals surface area contributed by atoms with Crippen LogP contribution in [0.1, 0.15) is 24.8 Å². The van der Waals surface area contributed by atoms with E-state index in [1.165, 1.54) is 30.5 Å². The number of nitrogens with one attached hydrogen (secondary N) is 1. The SMILES string of the molecule is COc1cccc2c1NCCC21CC1. The molecule has 0 amide bonds. The molecule has 0 saturated heterocycles. The second-order valence-electron chi connectivity index (χ2n) is 4.34. The summed E-state index contributed by atoms with van der Waals surface area (Å²) in [5.41, 5.74) is 3.22. The molecule has 14 heavy (non-hydrogen) atoms. The van der Waals surface area contributed by atoms with E-state index in [-0.39, 0.29) is 0 Å². The molecule has 0 bridgehead atoms. The maximum atomic E-state index is 5.37. The maximum absolute atomic E-state index is 5.37. The molecule has 1 aromatic rings. The minimum atomic E-state index is 0.509. The van der Waals surface area contributed by atoms with Crippen LogP contribution in [-0.2, 0) is 5.41 Å². The number of fused-ring (bicyclic) bond motifs is 2. The van der Waals surface area contributed by atoms with Crippen LogP contribution in [-0.4, -0.2) is 13.7 Å². The lowest BCUT2D eigenvalue weighted by atomic mass is 9.88. The van der Waals surface area contributed by atoms with E-state index < -0.39 is 0 Å². The number of methoxy groups -OCH3 is 1. The first-order valence-corrected chi connectivity index (χ1v) is 5.27. The smallest absolute Gasteiger partial charge is 0.142 e. The summed E-state index contributed by atoms with van der Waals surface area (Å²) in [6.07, 6.45) is 4.00. The molecular weight excluding hydrogens is 174 g/mol. The number of para-hydroxylation sites is 1. The van der Waals surface area contributed by atoms with Gasteiger partial charge in [-0.1, -0.05) is 12.1 Å². The number of rotatable bonds is 1. The standard InChI is InChI=1S/C12H15NO/c1-14-10-4-2-3-9-11(10)13-8-7-12(9)5-6-12/h2-4,13H,5-8H2,1H3. The van der Waals surface area contributed by atoms with Crippen LogP contribution in [0.2, 0.25) is 0 Å². The van der Waals surface area contributed by atoms with Gasteiger partial charge >= 0.3 is 0 Å². The van der Waals surface area contributed by atoms with Gasteiger partial charge in [-0.05, 0) is 36.3 Å². The van der Waals surface area contributed by atoms with Crippen molar-refractivity contribution in [3.63, 3.8) is 0 Å². The Morgan fingerprint density at radius 2 is 2.14 bits per heavy atom. The maximum Gasteiger partial charge on any atom is 0.142 e. The highest BCUT2D eigenvalue weighted by Crippen LogP contribution is 2.56. The van der Waals surface area contributed by atoms with E-state index in [0.717, 1.165) is 12.3 Å². The summed E-state index contributed by atoms with van der Waals surface area (Å²) in [5, 5.41) is 3.45. The fourth-order valence-electron chi connectivity index (χ4n) is 2.56. The molecule has 1 heterocycles. The third-order valence-corrected chi connectivity index (χ3v) is 3.58. The Balaban J connectivity index is 2.15. The van der Waals surface area contributed by atoms with Crippen LogP contribution in [0.25, 0.3) is 0 Å². The van der Waals surface area contributed by atoms with Gasteiger partial charge in [-0.2, -0.15) is 0 Å². The quantitative estimate of drug-likeness (QED) is 0.733. The third kappa shape index (κ3) is 0.969. The number of benzene rings is 1. The van der Waals surface area contributed by atoms with Crippen molar-refractivity contribution in [2.75, 3.05) is 19.0 Å². The molecule has 1 aromatic carbocycles. The number of hydrogen-bond acceptors (Lipinski definition) is 2. The fraction of sp³-hybridized carbons (Fsp3) is 0.500. The van der Waals surface area contributed by atoms with Gasteiger partial charge in [-0.25, -0.2) is 0 Å². The molecule has 0 unspecified atom stereocenters. The Morgan fingerprint density at radius 3 is 2.86 bits per heavy atom. The normalized spacial score (nSPS) is 21.2. The summed E-state index contributed by atoms with van der Waals surface area (Å²) >= 11 is 0. The second kappa shape index (κ2) is 2.66. The molecule has 1 spiro atoms. The lowest BCUT2D eigenvalue weighted by Gasteiger charge is -2.27. The fourth-order valence-corrected chi connectivity index (χ4v) is 2.56. The molecule has 2 nitrogen and oxygen atoms in total.